The van der Waals surface area contributed by atoms with Crippen LogP contribution in [0.15, 0.2) is 9.98 Å². The first-order valence-electron chi connectivity index (χ1n) is 4.63. The summed E-state index contributed by atoms with van der Waals surface area (Å²) in [5.74, 6) is 1.53. The second kappa shape index (κ2) is 3.36. The lowest BCUT2D eigenvalue weighted by Gasteiger charge is -2.00. The van der Waals surface area contributed by atoms with Gasteiger partial charge in [0, 0.05) is 0 Å². The average molecular weight is 182 g/mol. The van der Waals surface area contributed by atoms with Crippen LogP contribution < -0.4 is 0 Å². The van der Waals surface area contributed by atoms with E-state index in [1.54, 1.807) is 0 Å². The lowest BCUT2D eigenvalue weighted by molar-refractivity contribution is 0.304. The van der Waals surface area contributed by atoms with E-state index in [2.05, 4.69) is 9.98 Å². The maximum absolute atomic E-state index is 5.35. The Kier molecular flexibility index (Phi) is 2.20. The Morgan fingerprint density at radius 1 is 1.08 bits per heavy atom. The van der Waals surface area contributed by atoms with Gasteiger partial charge in [-0.25, -0.2) is 9.98 Å². The zero-order chi connectivity index (χ0) is 9.26. The summed E-state index contributed by atoms with van der Waals surface area (Å²) in [7, 11) is 0. The molecule has 0 aromatic rings. The normalized spacial score (nSPS) is 32.2. The highest BCUT2D eigenvalue weighted by atomic mass is 16.5. The van der Waals surface area contributed by atoms with Crippen molar-refractivity contribution >= 4 is 11.8 Å². The molecule has 13 heavy (non-hydrogen) atoms. The minimum absolute atomic E-state index is 0.287. The molecule has 0 spiro atoms. The minimum Gasteiger partial charge on any atom is -0.478 e. The number of ether oxygens (including phenoxy) is 2. The molecule has 0 aliphatic carbocycles. The predicted octanol–water partition coefficient (Wildman–Crippen LogP) is 1.01. The van der Waals surface area contributed by atoms with Crippen molar-refractivity contribution in [3.8, 4) is 0 Å². The van der Waals surface area contributed by atoms with Gasteiger partial charge in [-0.2, -0.15) is 0 Å². The molecular formula is C9H14N2O2. The molecule has 2 aliphatic heterocycles. The van der Waals surface area contributed by atoms with Gasteiger partial charge in [-0.3, -0.25) is 0 Å². The molecule has 0 amide bonds. The lowest BCUT2D eigenvalue weighted by atomic mass is 10.4. The van der Waals surface area contributed by atoms with Crippen molar-refractivity contribution in [3.63, 3.8) is 0 Å². The number of aliphatic imine (C=N–C) groups is 2. The third kappa shape index (κ3) is 1.99. The lowest BCUT2D eigenvalue weighted by Crippen LogP contribution is -2.08. The Labute approximate surface area is 77.7 Å². The maximum Gasteiger partial charge on any atom is 0.193 e. The summed E-state index contributed by atoms with van der Waals surface area (Å²) in [4.78, 5) is 8.62. The average Bonchev–Trinajstić information content (AvgIpc) is 2.62. The second-order valence-electron chi connectivity index (χ2n) is 3.54. The summed E-state index contributed by atoms with van der Waals surface area (Å²) < 4.78 is 10.7. The first-order valence-corrected chi connectivity index (χ1v) is 4.63. The summed E-state index contributed by atoms with van der Waals surface area (Å²) in [5.41, 5.74) is 0. The monoisotopic (exact) mass is 182 g/mol. The molecule has 0 radical (unpaired) electrons. The van der Waals surface area contributed by atoms with Gasteiger partial charge in [-0.15, -0.1) is 0 Å². The molecule has 0 aromatic heterocycles. The zero-order valence-electron chi connectivity index (χ0n) is 7.99. The van der Waals surface area contributed by atoms with Crippen LogP contribution in [0.3, 0.4) is 0 Å². The van der Waals surface area contributed by atoms with Gasteiger partial charge in [0.1, 0.15) is 13.2 Å². The fourth-order valence-corrected chi connectivity index (χ4v) is 1.40. The summed E-state index contributed by atoms with van der Waals surface area (Å²) in [6, 6.07) is 0.573. The van der Waals surface area contributed by atoms with Gasteiger partial charge in [0.05, 0.1) is 18.5 Å². The predicted molar refractivity (Wildman–Crippen MR) is 50.3 cm³/mol. The molecule has 0 bridgehead atoms. The van der Waals surface area contributed by atoms with Crippen LogP contribution in [0.5, 0.6) is 0 Å². The van der Waals surface area contributed by atoms with E-state index in [0.717, 1.165) is 11.8 Å². The summed E-state index contributed by atoms with van der Waals surface area (Å²) in [6.07, 6.45) is 0.620. The van der Waals surface area contributed by atoms with Gasteiger partial charge in [0.2, 0.25) is 0 Å². The van der Waals surface area contributed by atoms with Crippen LogP contribution in [-0.2, 0) is 9.47 Å². The molecule has 2 heterocycles. The quantitative estimate of drug-likeness (QED) is 0.639. The first-order chi connectivity index (χ1) is 6.24. The largest absolute Gasteiger partial charge is 0.478 e. The Bertz CT molecular complexity index is 234. The summed E-state index contributed by atoms with van der Waals surface area (Å²) in [6.45, 7) is 5.45. The van der Waals surface area contributed by atoms with Crippen LogP contribution in [0.4, 0.5) is 0 Å². The van der Waals surface area contributed by atoms with Gasteiger partial charge in [-0.1, -0.05) is 0 Å². The molecule has 2 rings (SSSR count). The van der Waals surface area contributed by atoms with Crippen molar-refractivity contribution in [1.82, 2.24) is 0 Å². The Balaban J connectivity index is 1.92. The summed E-state index contributed by atoms with van der Waals surface area (Å²) >= 11 is 0. The fraction of sp³-hybridized carbons (Fsp3) is 0.778. The molecule has 2 aliphatic rings. The molecule has 0 saturated heterocycles. The molecule has 72 valence electrons. The molecule has 0 aromatic carbocycles. The second-order valence-corrected chi connectivity index (χ2v) is 3.54. The summed E-state index contributed by atoms with van der Waals surface area (Å²) in [5, 5.41) is 0. The fourth-order valence-electron chi connectivity index (χ4n) is 1.40. The highest BCUT2D eigenvalue weighted by Gasteiger charge is 2.20. The van der Waals surface area contributed by atoms with Gasteiger partial charge < -0.3 is 9.47 Å². The van der Waals surface area contributed by atoms with Crippen LogP contribution in [0.1, 0.15) is 20.3 Å². The van der Waals surface area contributed by atoms with Crippen molar-refractivity contribution < 1.29 is 9.47 Å². The van der Waals surface area contributed by atoms with Crippen LogP contribution in [0, 0.1) is 0 Å². The molecule has 0 saturated carbocycles. The van der Waals surface area contributed by atoms with Crippen LogP contribution >= 0.6 is 0 Å². The number of nitrogens with zero attached hydrogens (tertiary/aromatic N) is 2. The van der Waals surface area contributed by atoms with E-state index in [-0.39, 0.29) is 12.1 Å². The van der Waals surface area contributed by atoms with E-state index in [9.17, 15) is 0 Å². The van der Waals surface area contributed by atoms with Crippen molar-refractivity contribution in [2.45, 2.75) is 32.4 Å². The Morgan fingerprint density at radius 3 is 1.85 bits per heavy atom. The highest BCUT2D eigenvalue weighted by Crippen LogP contribution is 2.11. The highest BCUT2D eigenvalue weighted by molar-refractivity contribution is 5.98. The van der Waals surface area contributed by atoms with Crippen molar-refractivity contribution in [1.29, 1.82) is 0 Å². The first kappa shape index (κ1) is 8.53. The molecular weight excluding hydrogens is 168 g/mol. The third-order valence-corrected chi connectivity index (χ3v) is 2.01. The molecule has 2 atom stereocenters. The topological polar surface area (TPSA) is 43.2 Å². The van der Waals surface area contributed by atoms with Crippen LogP contribution in [-0.4, -0.2) is 37.1 Å². The number of hydrogen-bond donors (Lipinski definition) is 0. The van der Waals surface area contributed by atoms with E-state index in [1.165, 1.54) is 0 Å². The van der Waals surface area contributed by atoms with Crippen LogP contribution in [0.2, 0.25) is 0 Å². The third-order valence-electron chi connectivity index (χ3n) is 2.01. The van der Waals surface area contributed by atoms with E-state index in [0.29, 0.717) is 19.6 Å². The Morgan fingerprint density at radius 2 is 1.54 bits per heavy atom. The van der Waals surface area contributed by atoms with E-state index in [1.807, 2.05) is 13.8 Å². The van der Waals surface area contributed by atoms with E-state index >= 15 is 0 Å². The molecule has 0 fully saturated rings. The minimum atomic E-state index is 0.287. The van der Waals surface area contributed by atoms with Gasteiger partial charge in [0.25, 0.3) is 0 Å². The molecule has 4 heteroatoms. The standard InChI is InChI=1S/C9H14N2O2/c1-6-4-12-8(10-6)3-9-11-7(2)5-13-9/h6-7H,3-5H2,1-2H3/t6-,7-/m0/s1. The SMILES string of the molecule is C[C@H]1COC(CC2=N[C@@H](C)CO2)=N1. The zero-order valence-corrected chi connectivity index (χ0v) is 7.99. The maximum atomic E-state index is 5.35. The van der Waals surface area contributed by atoms with Gasteiger partial charge in [0.15, 0.2) is 11.8 Å². The van der Waals surface area contributed by atoms with E-state index < -0.39 is 0 Å². The number of rotatable bonds is 2. The van der Waals surface area contributed by atoms with Gasteiger partial charge >= 0.3 is 0 Å². The molecule has 0 unspecified atom stereocenters. The smallest absolute Gasteiger partial charge is 0.193 e. The number of hydrogen-bond acceptors (Lipinski definition) is 4. The van der Waals surface area contributed by atoms with Crippen LogP contribution in [0.25, 0.3) is 0 Å². The Hall–Kier alpha value is -1.06. The molecule has 4 nitrogen and oxygen atoms in total. The van der Waals surface area contributed by atoms with Crippen molar-refractivity contribution in [2.24, 2.45) is 9.98 Å². The van der Waals surface area contributed by atoms with Gasteiger partial charge in [-0.05, 0) is 13.8 Å². The van der Waals surface area contributed by atoms with Crippen molar-refractivity contribution in [2.75, 3.05) is 13.2 Å². The van der Waals surface area contributed by atoms with Crippen molar-refractivity contribution in [3.05, 3.63) is 0 Å². The molecule has 0 N–H and O–H groups in total. The van der Waals surface area contributed by atoms with E-state index in [4.69, 9.17) is 9.47 Å².